The van der Waals surface area contributed by atoms with Crippen molar-refractivity contribution in [2.45, 2.75) is 157 Å². The third-order valence-corrected chi connectivity index (χ3v) is 12.4. The molecule has 2 aliphatic heterocycles. The Morgan fingerprint density at radius 3 is 1.43 bits per heavy atom. The molecule has 0 aromatic heterocycles. The van der Waals surface area contributed by atoms with Gasteiger partial charge in [-0.05, 0) is 31.8 Å². The minimum absolute atomic E-state index is 0. The normalized spacial score (nSPS) is 32.2. The van der Waals surface area contributed by atoms with E-state index in [9.17, 15) is 23.1 Å². The zero-order chi connectivity index (χ0) is 31.3. The van der Waals surface area contributed by atoms with E-state index in [1.54, 1.807) is 0 Å². The summed E-state index contributed by atoms with van der Waals surface area (Å²) in [7, 11) is -3.84. The predicted octanol–water partition coefficient (Wildman–Crippen LogP) is 7.77. The van der Waals surface area contributed by atoms with E-state index in [-0.39, 0.29) is 58.3 Å². The fourth-order valence-corrected chi connectivity index (χ4v) is 9.31. The van der Waals surface area contributed by atoms with E-state index in [2.05, 4.69) is 0 Å². The molecule has 0 aromatic rings. The van der Waals surface area contributed by atoms with Crippen molar-refractivity contribution in [2.24, 2.45) is 0 Å². The molecule has 4 unspecified atom stereocenters. The van der Waals surface area contributed by atoms with Crippen molar-refractivity contribution < 1.29 is 49.7 Å². The SMILES string of the molecule is O=C1OC2(CCCCC2)OC(=O)C1=CC1=C(O)CC2(CCCCC2)S1(=O)=O.[Cu].[NH-]C1CCCCC1[NH-].[NH-]C1CCCCC1[NH-]. The quantitative estimate of drug-likeness (QED) is 0.126. The predicted molar refractivity (Wildman–Crippen MR) is 164 cm³/mol. The number of nitrogens with one attached hydrogen (secondary N) is 4. The standard InChI is InChI=1S/C19H24O7S.2C6H12N2.Cu/c20-14-12-18(7-3-1-4-8-18)27(23,24)15(14)11-13-16(21)25-19(26-17(13)22)9-5-2-6-10-19;2*7-5-3-1-2-4-6(5)8;/h11,20H,1-10,12H2;2*5-8H,1-4H2;/q;2*-2;. The minimum atomic E-state index is -3.84. The average Bonchev–Trinajstić information content (AvgIpc) is 3.14. The van der Waals surface area contributed by atoms with Crippen molar-refractivity contribution in [1.29, 1.82) is 0 Å². The zero-order valence-corrected chi connectivity index (χ0v) is 27.2. The Labute approximate surface area is 272 Å². The Hall–Kier alpha value is -1.47. The fourth-order valence-electron chi connectivity index (χ4n) is 7.04. The van der Waals surface area contributed by atoms with Crippen LogP contribution in [0.25, 0.3) is 22.9 Å². The van der Waals surface area contributed by atoms with Gasteiger partial charge in [-0.15, -0.1) is 0 Å². The number of aliphatic hydroxyl groups is 1. The summed E-state index contributed by atoms with van der Waals surface area (Å²) in [5.74, 6) is -3.27. The summed E-state index contributed by atoms with van der Waals surface area (Å²) < 4.78 is 36.0. The van der Waals surface area contributed by atoms with E-state index in [0.717, 1.165) is 70.3 Å². The van der Waals surface area contributed by atoms with E-state index in [1.807, 2.05) is 0 Å². The summed E-state index contributed by atoms with van der Waals surface area (Å²) in [4.78, 5) is 24.6. The summed E-state index contributed by atoms with van der Waals surface area (Å²) in [5.41, 5.74) is 28.7. The second-order valence-electron chi connectivity index (χ2n) is 13.0. The number of sulfone groups is 1. The van der Waals surface area contributed by atoms with Gasteiger partial charge in [-0.25, -0.2) is 18.0 Å². The number of allylic oxidation sites excluding steroid dienone is 2. The number of aliphatic hydroxyl groups excluding tert-OH is 1. The van der Waals surface area contributed by atoms with Gasteiger partial charge in [0, 0.05) is 36.3 Å². The molecule has 0 aromatic carbocycles. The summed E-state index contributed by atoms with van der Waals surface area (Å²) >= 11 is 0. The van der Waals surface area contributed by atoms with Gasteiger partial charge in [0.1, 0.15) is 16.2 Å². The van der Waals surface area contributed by atoms with Gasteiger partial charge in [0.25, 0.3) is 5.79 Å². The van der Waals surface area contributed by atoms with Crippen molar-refractivity contribution >= 4 is 21.8 Å². The molecule has 2 heterocycles. The van der Waals surface area contributed by atoms with Crippen LogP contribution in [0.15, 0.2) is 22.3 Å². The van der Waals surface area contributed by atoms with Gasteiger partial charge in [0.2, 0.25) is 0 Å². The Bertz CT molecular complexity index is 1120. The van der Waals surface area contributed by atoms with Gasteiger partial charge in [-0.2, -0.15) is 24.2 Å². The summed E-state index contributed by atoms with van der Waals surface area (Å²) in [6.45, 7) is 0. The summed E-state index contributed by atoms with van der Waals surface area (Å²) in [6.07, 6.45) is 16.4. The zero-order valence-electron chi connectivity index (χ0n) is 25.4. The molecular formula is C31H48CuN4O7S-4. The molecule has 11 nitrogen and oxygen atoms in total. The molecule has 0 bridgehead atoms. The maximum Gasteiger partial charge on any atom is 0.348 e. The molecule has 4 aliphatic carbocycles. The number of hydrogen-bond donors (Lipinski definition) is 1. The Morgan fingerprint density at radius 2 is 1.05 bits per heavy atom. The molecule has 13 heteroatoms. The van der Waals surface area contributed by atoms with Crippen LogP contribution in [0, 0.1) is 0 Å². The van der Waals surface area contributed by atoms with E-state index >= 15 is 0 Å². The second kappa shape index (κ2) is 15.9. The van der Waals surface area contributed by atoms with Crippen LogP contribution in [0.5, 0.6) is 0 Å². The molecule has 4 saturated carbocycles. The van der Waals surface area contributed by atoms with Gasteiger partial charge in [-0.1, -0.05) is 77.0 Å². The van der Waals surface area contributed by atoms with Crippen molar-refractivity contribution in [2.75, 3.05) is 0 Å². The Kier molecular flexibility index (Phi) is 13.4. The molecule has 5 fully saturated rings. The van der Waals surface area contributed by atoms with Crippen LogP contribution in [-0.2, 0) is 46.0 Å². The van der Waals surface area contributed by atoms with Crippen LogP contribution in [0.2, 0.25) is 0 Å². The van der Waals surface area contributed by atoms with Crippen molar-refractivity contribution in [3.63, 3.8) is 0 Å². The summed E-state index contributed by atoms with van der Waals surface area (Å²) in [5, 5.41) is 10.3. The van der Waals surface area contributed by atoms with Crippen molar-refractivity contribution in [3.8, 4) is 0 Å². The summed E-state index contributed by atoms with van der Waals surface area (Å²) in [6, 6.07) is -0.319. The molecule has 6 rings (SSSR count). The first-order valence-corrected chi connectivity index (χ1v) is 17.6. The smallest absolute Gasteiger partial charge is 0.348 e. The first-order valence-electron chi connectivity index (χ1n) is 16.1. The number of rotatable bonds is 1. The third-order valence-electron chi connectivity index (χ3n) is 9.82. The molecule has 44 heavy (non-hydrogen) atoms. The van der Waals surface area contributed by atoms with Gasteiger partial charge >= 0.3 is 11.9 Å². The van der Waals surface area contributed by atoms with Gasteiger partial charge < -0.3 is 37.5 Å². The van der Waals surface area contributed by atoms with Crippen molar-refractivity contribution in [1.82, 2.24) is 0 Å². The molecule has 5 N–H and O–H groups in total. The van der Waals surface area contributed by atoms with Crippen LogP contribution in [0.4, 0.5) is 0 Å². The number of carbonyl (C=O) groups is 2. The van der Waals surface area contributed by atoms with Crippen LogP contribution in [0.1, 0.15) is 122 Å². The molecule has 4 atom stereocenters. The van der Waals surface area contributed by atoms with Crippen LogP contribution >= 0.6 is 0 Å². The maximum atomic E-state index is 13.1. The number of ether oxygens (including phenoxy) is 2. The second-order valence-corrected chi connectivity index (χ2v) is 15.4. The molecule has 255 valence electrons. The molecule has 6 aliphatic rings. The third kappa shape index (κ3) is 8.46. The maximum absolute atomic E-state index is 13.1. The topological polar surface area (TPSA) is 202 Å². The van der Waals surface area contributed by atoms with Crippen molar-refractivity contribution in [3.05, 3.63) is 45.2 Å². The average molecular weight is 684 g/mol. The number of hydrogen-bond acceptors (Lipinski definition) is 7. The minimum Gasteiger partial charge on any atom is -0.676 e. The first-order chi connectivity index (χ1) is 20.4. The molecule has 2 spiro atoms. The van der Waals surface area contributed by atoms with Gasteiger partial charge in [-0.3, -0.25) is 0 Å². The van der Waals surface area contributed by atoms with E-state index in [4.69, 9.17) is 32.4 Å². The molecule has 1 saturated heterocycles. The molecule has 0 amide bonds. The molecule has 1 radical (unpaired) electrons. The van der Waals surface area contributed by atoms with Gasteiger partial charge in [0.15, 0.2) is 9.84 Å². The van der Waals surface area contributed by atoms with Crippen LogP contribution < -0.4 is 0 Å². The monoisotopic (exact) mass is 683 g/mol. The Morgan fingerprint density at radius 1 is 0.659 bits per heavy atom. The van der Waals surface area contributed by atoms with E-state index in [0.29, 0.717) is 25.7 Å². The molecular weight excluding hydrogens is 636 g/mol. The fraction of sp³-hybridized carbons (Fsp3) is 0.806. The van der Waals surface area contributed by atoms with E-state index < -0.39 is 37.9 Å². The number of carbonyl (C=O) groups excluding carboxylic acids is 2. The number of esters is 2. The van der Waals surface area contributed by atoms with Crippen LogP contribution in [-0.4, -0.2) is 60.2 Å². The van der Waals surface area contributed by atoms with Gasteiger partial charge in [0.05, 0.1) is 4.75 Å². The largest absolute Gasteiger partial charge is 0.676 e. The van der Waals surface area contributed by atoms with Crippen LogP contribution in [0.3, 0.4) is 0 Å². The first kappa shape index (κ1) is 37.0. The van der Waals surface area contributed by atoms with E-state index in [1.165, 1.54) is 25.7 Å². The Balaban J connectivity index is 0.000000254.